The van der Waals surface area contributed by atoms with Gasteiger partial charge in [0.25, 0.3) is 0 Å². The van der Waals surface area contributed by atoms with Crippen LogP contribution in [0.3, 0.4) is 0 Å². The maximum Gasteiger partial charge on any atom is 0.110 e. The van der Waals surface area contributed by atoms with Crippen molar-refractivity contribution in [3.8, 4) is 0 Å². The Hall–Kier alpha value is -1.61. The molecule has 2 N–H and O–H groups in total. The zero-order valence-electron chi connectivity index (χ0n) is 11.5. The van der Waals surface area contributed by atoms with Gasteiger partial charge in [0.15, 0.2) is 0 Å². The van der Waals surface area contributed by atoms with Crippen LogP contribution < -0.4 is 5.73 Å². The van der Waals surface area contributed by atoms with Crippen LogP contribution in [0.15, 0.2) is 36.7 Å². The van der Waals surface area contributed by atoms with Gasteiger partial charge >= 0.3 is 0 Å². The molecule has 0 bridgehead atoms. The number of hydrogen-bond donors (Lipinski definition) is 1. The summed E-state index contributed by atoms with van der Waals surface area (Å²) in [6.07, 6.45) is 7.85. The third-order valence-electron chi connectivity index (χ3n) is 3.98. The summed E-state index contributed by atoms with van der Waals surface area (Å²) in [7, 11) is 0. The molecule has 3 nitrogen and oxygen atoms in total. The number of nitrogens with zero attached hydrogens (tertiary/aromatic N) is 2. The van der Waals surface area contributed by atoms with Gasteiger partial charge in [-0.05, 0) is 30.4 Å². The quantitative estimate of drug-likeness (QED) is 0.911. The van der Waals surface area contributed by atoms with E-state index in [4.69, 9.17) is 5.73 Å². The van der Waals surface area contributed by atoms with Gasteiger partial charge in [-0.1, -0.05) is 31.2 Å². The fourth-order valence-corrected chi connectivity index (χ4v) is 3.12. The number of aryl methyl sites for hydroxylation is 1. The van der Waals surface area contributed by atoms with Crippen LogP contribution in [-0.4, -0.2) is 15.1 Å². The minimum Gasteiger partial charge on any atom is -0.335 e. The van der Waals surface area contributed by atoms with Gasteiger partial charge in [0.2, 0.25) is 0 Å². The SMILES string of the molecule is CCCn1ccnc1CC1(N)Cc2ccccc2C1. The molecule has 1 aliphatic rings. The van der Waals surface area contributed by atoms with Crippen molar-refractivity contribution in [3.63, 3.8) is 0 Å². The van der Waals surface area contributed by atoms with Crippen LogP contribution in [-0.2, 0) is 25.8 Å². The molecule has 0 radical (unpaired) electrons. The summed E-state index contributed by atoms with van der Waals surface area (Å²) in [4.78, 5) is 4.49. The highest BCUT2D eigenvalue weighted by molar-refractivity contribution is 5.36. The van der Waals surface area contributed by atoms with Gasteiger partial charge in [-0.2, -0.15) is 0 Å². The van der Waals surface area contributed by atoms with Gasteiger partial charge in [-0.15, -0.1) is 0 Å². The molecular weight excluding hydrogens is 234 g/mol. The van der Waals surface area contributed by atoms with Gasteiger partial charge in [-0.25, -0.2) is 4.98 Å². The topological polar surface area (TPSA) is 43.8 Å². The first-order valence-electron chi connectivity index (χ1n) is 7.06. The van der Waals surface area contributed by atoms with Crippen molar-refractivity contribution in [2.24, 2.45) is 5.73 Å². The van der Waals surface area contributed by atoms with Crippen LogP contribution in [0.4, 0.5) is 0 Å². The fraction of sp³-hybridized carbons (Fsp3) is 0.438. The van der Waals surface area contributed by atoms with Crippen molar-refractivity contribution < 1.29 is 0 Å². The Morgan fingerprint density at radius 1 is 1.26 bits per heavy atom. The van der Waals surface area contributed by atoms with Crippen LogP contribution >= 0.6 is 0 Å². The van der Waals surface area contributed by atoms with Gasteiger partial charge in [0.05, 0.1) is 0 Å². The van der Waals surface area contributed by atoms with E-state index in [-0.39, 0.29) is 5.54 Å². The second-order valence-electron chi connectivity index (χ2n) is 5.70. The zero-order chi connectivity index (χ0) is 13.3. The third-order valence-corrected chi connectivity index (χ3v) is 3.98. The van der Waals surface area contributed by atoms with Crippen LogP contribution in [0.25, 0.3) is 0 Å². The molecule has 2 aromatic rings. The van der Waals surface area contributed by atoms with Crippen molar-refractivity contribution in [2.45, 2.75) is 44.7 Å². The molecule has 1 heterocycles. The molecule has 0 fully saturated rings. The van der Waals surface area contributed by atoms with E-state index in [1.165, 1.54) is 11.1 Å². The van der Waals surface area contributed by atoms with E-state index in [9.17, 15) is 0 Å². The van der Waals surface area contributed by atoms with E-state index in [0.29, 0.717) is 0 Å². The highest BCUT2D eigenvalue weighted by Gasteiger charge is 2.34. The Morgan fingerprint density at radius 3 is 2.58 bits per heavy atom. The Labute approximate surface area is 114 Å². The lowest BCUT2D eigenvalue weighted by atomic mass is 9.92. The summed E-state index contributed by atoms with van der Waals surface area (Å²) in [6, 6.07) is 8.59. The monoisotopic (exact) mass is 255 g/mol. The molecule has 0 atom stereocenters. The smallest absolute Gasteiger partial charge is 0.110 e. The zero-order valence-corrected chi connectivity index (χ0v) is 11.5. The van der Waals surface area contributed by atoms with E-state index in [1.54, 1.807) is 0 Å². The molecule has 100 valence electrons. The summed E-state index contributed by atoms with van der Waals surface area (Å²) in [6.45, 7) is 3.21. The van der Waals surface area contributed by atoms with Crippen molar-refractivity contribution in [1.82, 2.24) is 9.55 Å². The maximum atomic E-state index is 6.61. The van der Waals surface area contributed by atoms with Crippen molar-refractivity contribution >= 4 is 0 Å². The molecule has 19 heavy (non-hydrogen) atoms. The standard InChI is InChI=1S/C16H21N3/c1-2-8-19-9-7-18-15(19)12-16(17)10-13-5-3-4-6-14(13)11-16/h3-7,9H,2,8,10-12,17H2,1H3. The summed E-state index contributed by atoms with van der Waals surface area (Å²) in [5.74, 6) is 1.12. The number of imidazole rings is 1. The molecule has 1 aromatic carbocycles. The van der Waals surface area contributed by atoms with Crippen molar-refractivity contribution in [3.05, 3.63) is 53.6 Å². The normalized spacial score (nSPS) is 16.5. The first kappa shape index (κ1) is 12.4. The third kappa shape index (κ3) is 2.43. The molecule has 1 aromatic heterocycles. The average molecular weight is 255 g/mol. The number of rotatable bonds is 4. The number of fused-ring (bicyclic) bond motifs is 1. The Bertz CT molecular complexity index is 546. The molecule has 3 rings (SSSR count). The van der Waals surface area contributed by atoms with Crippen LogP contribution in [0, 0.1) is 0 Å². The van der Waals surface area contributed by atoms with E-state index in [2.05, 4.69) is 46.9 Å². The Balaban J connectivity index is 1.79. The number of hydrogen-bond acceptors (Lipinski definition) is 2. The first-order valence-corrected chi connectivity index (χ1v) is 7.06. The predicted octanol–water partition coefficient (Wildman–Crippen LogP) is 2.33. The number of benzene rings is 1. The van der Waals surface area contributed by atoms with E-state index in [1.807, 2.05) is 6.20 Å². The molecule has 3 heteroatoms. The molecule has 0 unspecified atom stereocenters. The molecule has 0 saturated carbocycles. The van der Waals surface area contributed by atoms with Gasteiger partial charge in [-0.3, -0.25) is 0 Å². The Morgan fingerprint density at radius 2 is 1.95 bits per heavy atom. The molecule has 0 saturated heterocycles. The Kier molecular flexibility index (Phi) is 3.15. The lowest BCUT2D eigenvalue weighted by Gasteiger charge is -2.23. The number of aromatic nitrogens is 2. The van der Waals surface area contributed by atoms with Crippen molar-refractivity contribution in [1.29, 1.82) is 0 Å². The van der Waals surface area contributed by atoms with Crippen LogP contribution in [0.2, 0.25) is 0 Å². The summed E-state index contributed by atoms with van der Waals surface area (Å²) < 4.78 is 2.23. The molecular formula is C16H21N3. The van der Waals surface area contributed by atoms with E-state index in [0.717, 1.165) is 38.1 Å². The average Bonchev–Trinajstić information content (AvgIpc) is 2.93. The van der Waals surface area contributed by atoms with Gasteiger partial charge in [0.1, 0.15) is 5.82 Å². The highest BCUT2D eigenvalue weighted by Crippen LogP contribution is 2.30. The van der Waals surface area contributed by atoms with E-state index < -0.39 is 0 Å². The largest absolute Gasteiger partial charge is 0.335 e. The second-order valence-corrected chi connectivity index (χ2v) is 5.70. The lowest BCUT2D eigenvalue weighted by molar-refractivity contribution is 0.425. The number of nitrogens with two attached hydrogens (primary N) is 1. The summed E-state index contributed by atoms with van der Waals surface area (Å²) >= 11 is 0. The van der Waals surface area contributed by atoms with E-state index >= 15 is 0 Å². The van der Waals surface area contributed by atoms with Crippen molar-refractivity contribution in [2.75, 3.05) is 0 Å². The molecule has 0 spiro atoms. The minimum absolute atomic E-state index is 0.166. The summed E-state index contributed by atoms with van der Waals surface area (Å²) in [5.41, 5.74) is 9.25. The second kappa shape index (κ2) is 4.82. The van der Waals surface area contributed by atoms with Crippen LogP contribution in [0.1, 0.15) is 30.3 Å². The maximum absolute atomic E-state index is 6.61. The first-order chi connectivity index (χ1) is 9.20. The predicted molar refractivity (Wildman–Crippen MR) is 77.0 cm³/mol. The minimum atomic E-state index is -0.166. The molecule has 0 aliphatic heterocycles. The highest BCUT2D eigenvalue weighted by atomic mass is 15.1. The summed E-state index contributed by atoms with van der Waals surface area (Å²) in [5, 5.41) is 0. The molecule has 1 aliphatic carbocycles. The lowest BCUT2D eigenvalue weighted by Crippen LogP contribution is -2.43. The fourth-order valence-electron chi connectivity index (χ4n) is 3.12. The molecule has 0 amide bonds. The van der Waals surface area contributed by atoms with Crippen LogP contribution in [0.5, 0.6) is 0 Å². The van der Waals surface area contributed by atoms with Gasteiger partial charge < -0.3 is 10.3 Å². The van der Waals surface area contributed by atoms with Gasteiger partial charge in [0, 0.05) is 30.9 Å².